The molecule has 3 aromatic rings. The summed E-state index contributed by atoms with van der Waals surface area (Å²) in [5, 5.41) is 13.1. The number of aliphatic imine (C=N–C) groups is 1. The van der Waals surface area contributed by atoms with Crippen molar-refractivity contribution in [2.24, 2.45) is 4.99 Å². The molecule has 208 valence electrons. The summed E-state index contributed by atoms with van der Waals surface area (Å²) in [5.41, 5.74) is 8.53. The lowest BCUT2D eigenvalue weighted by atomic mass is 10.0. The number of alkyl halides is 1. The van der Waals surface area contributed by atoms with Gasteiger partial charge in [0.1, 0.15) is 0 Å². The summed E-state index contributed by atoms with van der Waals surface area (Å²) in [5.74, 6) is -1.12. The summed E-state index contributed by atoms with van der Waals surface area (Å²) in [6, 6.07) is 2.10. The molecule has 0 aliphatic carbocycles. The quantitative estimate of drug-likeness (QED) is 0.255. The molecule has 1 atom stereocenters. The third-order valence-corrected chi connectivity index (χ3v) is 8.34. The molecule has 0 saturated heterocycles. The lowest BCUT2D eigenvalue weighted by Crippen LogP contribution is -2.23. The van der Waals surface area contributed by atoms with E-state index in [0.29, 0.717) is 12.8 Å². The molecule has 5 rings (SSSR count). The smallest absolute Gasteiger partial charge is 0.305 e. The van der Waals surface area contributed by atoms with Crippen molar-refractivity contribution in [3.63, 3.8) is 0 Å². The maximum atomic E-state index is 12.0. The number of halogens is 1. The van der Waals surface area contributed by atoms with Crippen LogP contribution in [0, 0.1) is 20.8 Å². The van der Waals surface area contributed by atoms with Gasteiger partial charge in [0.15, 0.2) is 0 Å². The Hall–Kier alpha value is -3.85. The zero-order valence-corrected chi connectivity index (χ0v) is 24.9. The van der Waals surface area contributed by atoms with Crippen LogP contribution in [0.4, 0.5) is 0 Å². The first-order valence-electron chi connectivity index (χ1n) is 13.3. The second-order valence-corrected chi connectivity index (χ2v) is 12.3. The Labute approximate surface area is 240 Å². The minimum atomic E-state index is -0.842. The predicted octanol–water partition coefficient (Wildman–Crippen LogP) is 2.44. The highest BCUT2D eigenvalue weighted by molar-refractivity contribution is 9.10. The molecule has 9 heteroatoms. The second-order valence-electron chi connectivity index (χ2n) is 10.6. The maximum Gasteiger partial charge on any atom is 0.305 e. The van der Waals surface area contributed by atoms with E-state index in [1.54, 1.807) is 0 Å². The van der Waals surface area contributed by atoms with Crippen LogP contribution < -0.4 is 21.4 Å². The number of nitrogens with one attached hydrogen (secondary N) is 3. The third-order valence-electron chi connectivity index (χ3n) is 7.70. The molecule has 0 spiro atoms. The standard InChI is InChI=1S/C31H33BrN4O4/c1-16-10-19-12-28-31(4,32)15-20(34-28)11-24-17(2)22(7-9-30(39)40-5)27(35-24)14-26-21(6-8-29(37)38)18(3)25(36-26)13-23(16)33-19/h10-15,33,35-36H,6-9H2,1-5H3,(H,37,38). The number of carbonyl (C=O) groups excluding carboxylic acids is 1. The van der Waals surface area contributed by atoms with E-state index in [-0.39, 0.29) is 18.8 Å². The van der Waals surface area contributed by atoms with E-state index in [1.807, 2.05) is 26.0 Å². The highest BCUT2D eigenvalue weighted by atomic mass is 79.9. The topological polar surface area (TPSA) is 123 Å². The number of nitrogens with zero attached hydrogens (tertiary/aromatic N) is 1. The SMILES string of the molecule is COC(=O)CCc1c(C)c2[nH]c1=Cc1[nH]c(c(C)c1CCC(=O)O)C=c1[nH]c(cc1C)=CC1=NC(=CC1(C)Br)C=2. The summed E-state index contributed by atoms with van der Waals surface area (Å²) in [7, 11) is 1.39. The molecular formula is C31H33BrN4O4. The molecule has 8 nitrogen and oxygen atoms in total. The van der Waals surface area contributed by atoms with Gasteiger partial charge in [-0.1, -0.05) is 15.9 Å². The number of hydrogen-bond acceptors (Lipinski definition) is 4. The van der Waals surface area contributed by atoms with Gasteiger partial charge in [0.25, 0.3) is 0 Å². The molecule has 4 N–H and O–H groups in total. The van der Waals surface area contributed by atoms with Crippen LogP contribution in [0.5, 0.6) is 0 Å². The molecule has 0 radical (unpaired) electrons. The lowest BCUT2D eigenvalue weighted by molar-refractivity contribution is -0.140. The van der Waals surface area contributed by atoms with Gasteiger partial charge in [-0.05, 0) is 105 Å². The largest absolute Gasteiger partial charge is 0.481 e. The van der Waals surface area contributed by atoms with E-state index in [9.17, 15) is 14.7 Å². The molecule has 8 bridgehead atoms. The van der Waals surface area contributed by atoms with Crippen molar-refractivity contribution in [1.29, 1.82) is 0 Å². The molecular weight excluding hydrogens is 572 g/mol. The van der Waals surface area contributed by atoms with Gasteiger partial charge in [-0.25, -0.2) is 0 Å². The molecule has 2 aliphatic heterocycles. The number of esters is 1. The minimum Gasteiger partial charge on any atom is -0.481 e. The zero-order chi connectivity index (χ0) is 28.8. The van der Waals surface area contributed by atoms with E-state index in [1.165, 1.54) is 7.11 Å². The number of fused-ring (bicyclic) bond motifs is 7. The molecule has 1 unspecified atom stereocenters. The van der Waals surface area contributed by atoms with Crippen molar-refractivity contribution < 1.29 is 19.4 Å². The number of H-pyrrole nitrogens is 3. The minimum absolute atomic E-state index is 0.0250. The Balaban J connectivity index is 1.82. The maximum absolute atomic E-state index is 12.0. The Morgan fingerprint density at radius 1 is 0.925 bits per heavy atom. The molecule has 40 heavy (non-hydrogen) atoms. The molecule has 5 heterocycles. The molecule has 3 aromatic heterocycles. The Kier molecular flexibility index (Phi) is 7.35. The number of aromatic nitrogens is 3. The summed E-state index contributed by atoms with van der Waals surface area (Å²) in [6.07, 6.45) is 11.4. The fraction of sp³-hybridized carbons (Fsp3) is 0.323. The van der Waals surface area contributed by atoms with Crippen LogP contribution in [0.15, 0.2) is 22.8 Å². The highest BCUT2D eigenvalue weighted by Crippen LogP contribution is 2.31. The number of methoxy groups -OCH3 is 1. The van der Waals surface area contributed by atoms with Gasteiger partial charge >= 0.3 is 11.9 Å². The van der Waals surface area contributed by atoms with Crippen LogP contribution in [0.3, 0.4) is 0 Å². The van der Waals surface area contributed by atoms with Crippen LogP contribution in [-0.4, -0.2) is 49.1 Å². The van der Waals surface area contributed by atoms with Crippen molar-refractivity contribution in [2.45, 2.75) is 57.7 Å². The number of carbonyl (C=O) groups is 2. The van der Waals surface area contributed by atoms with Crippen LogP contribution in [0.25, 0.3) is 24.3 Å². The molecule has 2 aliphatic rings. The van der Waals surface area contributed by atoms with Crippen molar-refractivity contribution in [2.75, 3.05) is 7.11 Å². The number of aryl methyl sites for hydroxylation is 1. The fourth-order valence-corrected chi connectivity index (χ4v) is 5.83. The number of carboxylic acid groups (broad SMARTS) is 1. The Bertz CT molecular complexity index is 1850. The monoisotopic (exact) mass is 604 g/mol. The average Bonchev–Trinajstić information content (AvgIpc) is 3.55. The van der Waals surface area contributed by atoms with Crippen LogP contribution in [0.2, 0.25) is 0 Å². The van der Waals surface area contributed by atoms with E-state index < -0.39 is 10.3 Å². The first-order valence-corrected chi connectivity index (χ1v) is 14.1. The number of aromatic amines is 3. The van der Waals surface area contributed by atoms with Gasteiger partial charge in [-0.15, -0.1) is 0 Å². The van der Waals surface area contributed by atoms with E-state index >= 15 is 0 Å². The average molecular weight is 606 g/mol. The van der Waals surface area contributed by atoms with Gasteiger partial charge in [0.2, 0.25) is 0 Å². The first kappa shape index (κ1) is 27.7. The Morgan fingerprint density at radius 3 is 2.38 bits per heavy atom. The number of hydrogen-bond donors (Lipinski definition) is 4. The van der Waals surface area contributed by atoms with Crippen LogP contribution >= 0.6 is 15.9 Å². The van der Waals surface area contributed by atoms with E-state index in [4.69, 9.17) is 9.73 Å². The zero-order valence-electron chi connectivity index (χ0n) is 23.3. The molecule has 0 amide bonds. The van der Waals surface area contributed by atoms with Gasteiger partial charge in [0.05, 0.1) is 22.8 Å². The summed E-state index contributed by atoms with van der Waals surface area (Å²) in [6.45, 7) is 8.19. The summed E-state index contributed by atoms with van der Waals surface area (Å²) < 4.78 is 4.48. The van der Waals surface area contributed by atoms with Crippen LogP contribution in [0.1, 0.15) is 59.0 Å². The van der Waals surface area contributed by atoms with Gasteiger partial charge in [-0.2, -0.15) is 0 Å². The predicted molar refractivity (Wildman–Crippen MR) is 160 cm³/mol. The van der Waals surface area contributed by atoms with E-state index in [0.717, 1.165) is 72.0 Å². The van der Waals surface area contributed by atoms with Crippen molar-refractivity contribution in [3.8, 4) is 0 Å². The van der Waals surface area contributed by atoms with Crippen molar-refractivity contribution in [3.05, 3.63) is 78.4 Å². The lowest BCUT2D eigenvalue weighted by Gasteiger charge is -2.12. The fourth-order valence-electron chi connectivity index (χ4n) is 5.39. The summed E-state index contributed by atoms with van der Waals surface area (Å²) in [4.78, 5) is 39.1. The molecule has 0 saturated carbocycles. The van der Waals surface area contributed by atoms with Crippen molar-refractivity contribution in [1.82, 2.24) is 15.0 Å². The van der Waals surface area contributed by atoms with Gasteiger partial charge < -0.3 is 24.8 Å². The number of aliphatic carboxylic acids is 1. The first-order chi connectivity index (χ1) is 18.9. The highest BCUT2D eigenvalue weighted by Gasteiger charge is 2.29. The Morgan fingerprint density at radius 2 is 1.65 bits per heavy atom. The van der Waals surface area contributed by atoms with Gasteiger partial charge in [0, 0.05) is 45.6 Å². The number of ether oxygens (including phenoxy) is 1. The number of carboxylic acids is 1. The molecule has 0 fully saturated rings. The van der Waals surface area contributed by atoms with E-state index in [2.05, 4.69) is 69.0 Å². The van der Waals surface area contributed by atoms with Crippen molar-refractivity contribution >= 4 is 57.9 Å². The molecule has 0 aromatic carbocycles. The second kappa shape index (κ2) is 10.6. The number of allylic oxidation sites excluding steroid dienone is 2. The number of rotatable bonds is 6. The normalized spacial score (nSPS) is 17.6. The summed E-state index contributed by atoms with van der Waals surface area (Å²) >= 11 is 3.84. The van der Waals surface area contributed by atoms with Gasteiger partial charge in [-0.3, -0.25) is 14.6 Å². The van der Waals surface area contributed by atoms with Crippen LogP contribution in [-0.2, 0) is 27.2 Å². The third kappa shape index (κ3) is 5.43.